The third-order valence-electron chi connectivity index (χ3n) is 7.08. The van der Waals surface area contributed by atoms with Gasteiger partial charge < -0.3 is 30.0 Å². The molecule has 0 aromatic heterocycles. The average Bonchev–Trinajstić information content (AvgIpc) is 2.95. The van der Waals surface area contributed by atoms with Crippen molar-refractivity contribution in [1.82, 2.24) is 10.6 Å². The average molecular weight is 525 g/mol. The molecular formula is C29H36N2O7. The van der Waals surface area contributed by atoms with Gasteiger partial charge in [-0.05, 0) is 93.0 Å². The van der Waals surface area contributed by atoms with Gasteiger partial charge in [-0.2, -0.15) is 0 Å². The normalized spacial score (nSPS) is 19.8. The summed E-state index contributed by atoms with van der Waals surface area (Å²) in [5, 5.41) is 14.7. The van der Waals surface area contributed by atoms with E-state index in [2.05, 4.69) is 10.6 Å². The molecule has 3 N–H and O–H groups in total. The number of carboxylic acid groups (broad SMARTS) is 1. The van der Waals surface area contributed by atoms with Crippen LogP contribution >= 0.6 is 0 Å². The van der Waals surface area contributed by atoms with Crippen LogP contribution in [0.15, 0.2) is 48.5 Å². The van der Waals surface area contributed by atoms with Crippen LogP contribution in [0, 0.1) is 11.8 Å². The number of rotatable bonds is 11. The number of carbonyl (C=O) groups excluding carboxylic acids is 2. The van der Waals surface area contributed by atoms with Gasteiger partial charge in [0.05, 0.1) is 18.6 Å². The molecule has 1 saturated carbocycles. The van der Waals surface area contributed by atoms with E-state index in [0.717, 1.165) is 31.8 Å². The summed E-state index contributed by atoms with van der Waals surface area (Å²) in [6.07, 6.45) is 4.67. The second kappa shape index (κ2) is 13.8. The van der Waals surface area contributed by atoms with Gasteiger partial charge in [-0.15, -0.1) is 0 Å². The number of nitrogens with one attached hydrogen (secondary N) is 2. The van der Waals surface area contributed by atoms with Gasteiger partial charge in [-0.1, -0.05) is 0 Å². The van der Waals surface area contributed by atoms with Crippen LogP contribution in [0.3, 0.4) is 0 Å². The van der Waals surface area contributed by atoms with Crippen molar-refractivity contribution in [1.29, 1.82) is 0 Å². The Labute approximate surface area is 222 Å². The Kier molecular flexibility index (Phi) is 9.97. The van der Waals surface area contributed by atoms with Crippen LogP contribution in [0.25, 0.3) is 0 Å². The highest BCUT2D eigenvalue weighted by atomic mass is 16.5. The monoisotopic (exact) mass is 524 g/mol. The summed E-state index contributed by atoms with van der Waals surface area (Å²) in [6.45, 7) is 2.82. The van der Waals surface area contributed by atoms with Gasteiger partial charge in [-0.25, -0.2) is 0 Å². The summed E-state index contributed by atoms with van der Waals surface area (Å²) in [4.78, 5) is 35.9. The van der Waals surface area contributed by atoms with E-state index in [0.29, 0.717) is 68.2 Å². The zero-order chi connectivity index (χ0) is 26.7. The molecular weight excluding hydrogens is 488 g/mol. The van der Waals surface area contributed by atoms with E-state index in [-0.39, 0.29) is 23.8 Å². The smallest absolute Gasteiger partial charge is 0.306 e. The van der Waals surface area contributed by atoms with Crippen LogP contribution in [0.4, 0.5) is 0 Å². The summed E-state index contributed by atoms with van der Waals surface area (Å²) in [7, 11) is 0. The molecule has 0 bridgehead atoms. The number of aliphatic carboxylic acids is 1. The highest BCUT2D eigenvalue weighted by molar-refractivity contribution is 5.95. The van der Waals surface area contributed by atoms with Crippen LogP contribution in [-0.2, 0) is 9.53 Å². The molecule has 2 aromatic carbocycles. The molecule has 2 amide bonds. The molecule has 1 heterocycles. The van der Waals surface area contributed by atoms with E-state index in [1.165, 1.54) is 0 Å². The Morgan fingerprint density at radius 1 is 0.763 bits per heavy atom. The third kappa shape index (κ3) is 8.21. The first-order chi connectivity index (χ1) is 18.5. The molecule has 0 spiro atoms. The Balaban J connectivity index is 1.12. The summed E-state index contributed by atoms with van der Waals surface area (Å²) in [5.41, 5.74) is 1.02. The first kappa shape index (κ1) is 27.4. The zero-order valence-electron chi connectivity index (χ0n) is 21.5. The van der Waals surface area contributed by atoms with Crippen molar-refractivity contribution in [3.63, 3.8) is 0 Å². The van der Waals surface area contributed by atoms with Gasteiger partial charge in [0.1, 0.15) is 11.5 Å². The Morgan fingerprint density at radius 3 is 1.82 bits per heavy atom. The molecule has 2 aliphatic rings. The summed E-state index contributed by atoms with van der Waals surface area (Å²) < 4.78 is 17.2. The van der Waals surface area contributed by atoms with E-state index in [9.17, 15) is 14.4 Å². The topological polar surface area (TPSA) is 123 Å². The summed E-state index contributed by atoms with van der Waals surface area (Å²) in [5.74, 6) is 0.435. The molecule has 0 radical (unpaired) electrons. The van der Waals surface area contributed by atoms with Crippen molar-refractivity contribution in [3.05, 3.63) is 59.7 Å². The number of benzene rings is 2. The number of ether oxygens (including phenoxy) is 3. The van der Waals surface area contributed by atoms with E-state index in [4.69, 9.17) is 19.3 Å². The van der Waals surface area contributed by atoms with Gasteiger partial charge in [-0.3, -0.25) is 14.4 Å². The van der Waals surface area contributed by atoms with Gasteiger partial charge in [0.2, 0.25) is 0 Å². The first-order valence-electron chi connectivity index (χ1n) is 13.3. The lowest BCUT2D eigenvalue weighted by Crippen LogP contribution is -2.34. The van der Waals surface area contributed by atoms with Crippen molar-refractivity contribution in [3.8, 4) is 11.5 Å². The Bertz CT molecular complexity index is 1060. The largest absolute Gasteiger partial charge is 0.493 e. The molecule has 1 aliphatic heterocycles. The van der Waals surface area contributed by atoms with Crippen molar-refractivity contribution in [2.45, 2.75) is 44.6 Å². The standard InChI is InChI=1S/C29H36N2O7/c32-27(21-1-7-24(8-2-21)37-19-20-13-17-36-18-14-20)30-15-16-31-28(33)22-3-9-25(10-4-22)38-26-11-5-23(6-12-26)29(34)35/h1-4,7-10,20,23,26H,5-6,11-19H2,(H,30,32)(H,31,33)(H,34,35). The summed E-state index contributed by atoms with van der Waals surface area (Å²) >= 11 is 0. The minimum Gasteiger partial charge on any atom is -0.493 e. The van der Waals surface area contributed by atoms with Crippen molar-refractivity contribution in [2.24, 2.45) is 11.8 Å². The van der Waals surface area contributed by atoms with E-state index in [1.54, 1.807) is 48.5 Å². The zero-order valence-corrected chi connectivity index (χ0v) is 21.5. The van der Waals surface area contributed by atoms with E-state index < -0.39 is 5.97 Å². The van der Waals surface area contributed by atoms with Gasteiger partial charge >= 0.3 is 5.97 Å². The Hall–Kier alpha value is -3.59. The number of carbonyl (C=O) groups is 3. The highest BCUT2D eigenvalue weighted by Gasteiger charge is 2.27. The molecule has 204 valence electrons. The molecule has 9 heteroatoms. The fourth-order valence-electron chi connectivity index (χ4n) is 4.69. The molecule has 1 aliphatic carbocycles. The predicted octanol–water partition coefficient (Wildman–Crippen LogP) is 3.67. The van der Waals surface area contributed by atoms with E-state index in [1.807, 2.05) is 0 Å². The minimum atomic E-state index is -0.737. The van der Waals surface area contributed by atoms with Crippen LogP contribution in [-0.4, -0.2) is 61.9 Å². The molecule has 38 heavy (non-hydrogen) atoms. The first-order valence-corrected chi connectivity index (χ1v) is 13.3. The lowest BCUT2D eigenvalue weighted by atomic mass is 9.87. The fraction of sp³-hybridized carbons (Fsp3) is 0.483. The Morgan fingerprint density at radius 2 is 1.29 bits per heavy atom. The highest BCUT2D eigenvalue weighted by Crippen LogP contribution is 2.28. The molecule has 0 atom stereocenters. The minimum absolute atomic E-state index is 0.00490. The molecule has 2 aromatic rings. The summed E-state index contributed by atoms with van der Waals surface area (Å²) in [6, 6.07) is 13.9. The van der Waals surface area contributed by atoms with Crippen molar-refractivity contribution in [2.75, 3.05) is 32.9 Å². The lowest BCUT2D eigenvalue weighted by molar-refractivity contribution is -0.143. The maximum absolute atomic E-state index is 12.4. The molecule has 1 saturated heterocycles. The predicted molar refractivity (Wildman–Crippen MR) is 141 cm³/mol. The van der Waals surface area contributed by atoms with Gasteiger partial charge in [0.25, 0.3) is 11.8 Å². The maximum atomic E-state index is 12.4. The number of carboxylic acids is 1. The SMILES string of the molecule is O=C(NCCNC(=O)c1ccc(OC2CCC(C(=O)O)CC2)cc1)c1ccc(OCC2CCOCC2)cc1. The second-order valence-electron chi connectivity index (χ2n) is 9.86. The maximum Gasteiger partial charge on any atom is 0.306 e. The number of hydrogen-bond acceptors (Lipinski definition) is 6. The molecule has 0 unspecified atom stereocenters. The second-order valence-corrected chi connectivity index (χ2v) is 9.86. The fourth-order valence-corrected chi connectivity index (χ4v) is 4.69. The number of hydrogen-bond donors (Lipinski definition) is 3. The van der Waals surface area contributed by atoms with Crippen molar-refractivity contribution >= 4 is 17.8 Å². The third-order valence-corrected chi connectivity index (χ3v) is 7.08. The van der Waals surface area contributed by atoms with Gasteiger partial charge in [0.15, 0.2) is 0 Å². The van der Waals surface area contributed by atoms with E-state index >= 15 is 0 Å². The molecule has 2 fully saturated rings. The van der Waals surface area contributed by atoms with Crippen molar-refractivity contribution < 1.29 is 33.7 Å². The van der Waals surface area contributed by atoms with Crippen LogP contribution < -0.4 is 20.1 Å². The van der Waals surface area contributed by atoms with Gasteiger partial charge in [0, 0.05) is 37.4 Å². The lowest BCUT2D eigenvalue weighted by Gasteiger charge is -2.26. The van der Waals surface area contributed by atoms with Crippen LogP contribution in [0.5, 0.6) is 11.5 Å². The number of amides is 2. The molecule has 4 rings (SSSR count). The van der Waals surface area contributed by atoms with Crippen LogP contribution in [0.2, 0.25) is 0 Å². The quantitative estimate of drug-likeness (QED) is 0.383. The molecule has 9 nitrogen and oxygen atoms in total. The van der Waals surface area contributed by atoms with Crippen LogP contribution in [0.1, 0.15) is 59.2 Å².